The summed E-state index contributed by atoms with van der Waals surface area (Å²) in [6.07, 6.45) is -0.896. The van der Waals surface area contributed by atoms with E-state index < -0.39 is 23.8 Å². The van der Waals surface area contributed by atoms with Gasteiger partial charge in [-0.05, 0) is 13.8 Å². The summed E-state index contributed by atoms with van der Waals surface area (Å²) < 4.78 is 15.7. The van der Waals surface area contributed by atoms with Crippen molar-refractivity contribution in [2.24, 2.45) is 0 Å². The molecule has 0 aromatic heterocycles. The summed E-state index contributed by atoms with van der Waals surface area (Å²) in [6.45, 7) is 3.35. The highest BCUT2D eigenvalue weighted by atomic mass is 16.8. The Morgan fingerprint density at radius 3 is 2.77 bits per heavy atom. The van der Waals surface area contributed by atoms with Crippen LogP contribution in [0.15, 0.2) is 0 Å². The number of fused-ring (bicyclic) bond motifs is 1. The van der Waals surface area contributed by atoms with Gasteiger partial charge in [0.05, 0.1) is 6.61 Å². The van der Waals surface area contributed by atoms with Crippen molar-refractivity contribution >= 4 is 6.29 Å². The molecule has 2 rings (SSSR count). The van der Waals surface area contributed by atoms with E-state index in [0.717, 1.165) is 0 Å². The Labute approximate surface area is 75.6 Å². The van der Waals surface area contributed by atoms with Gasteiger partial charge in [0, 0.05) is 0 Å². The second-order valence-corrected chi connectivity index (χ2v) is 3.84. The van der Waals surface area contributed by atoms with Crippen molar-refractivity contribution in [3.05, 3.63) is 0 Å². The predicted molar refractivity (Wildman–Crippen MR) is 40.8 cm³/mol. The minimum absolute atomic E-state index is 0.0675. The van der Waals surface area contributed by atoms with E-state index in [1.54, 1.807) is 13.8 Å². The normalized spacial score (nSPS) is 47.6. The molecule has 5 heteroatoms. The van der Waals surface area contributed by atoms with Gasteiger partial charge in [-0.25, -0.2) is 0 Å². The Balaban J connectivity index is 2.21. The van der Waals surface area contributed by atoms with E-state index in [2.05, 4.69) is 0 Å². The quantitative estimate of drug-likeness (QED) is 0.558. The van der Waals surface area contributed by atoms with Crippen molar-refractivity contribution in [2.45, 2.75) is 37.6 Å². The molecular formula is C8H12O5. The number of carbonyl (C=O) groups excluding carboxylic acids is 1. The van der Waals surface area contributed by atoms with Gasteiger partial charge in [-0.15, -0.1) is 0 Å². The number of aldehydes is 1. The molecule has 0 amide bonds. The van der Waals surface area contributed by atoms with Gasteiger partial charge in [-0.2, -0.15) is 0 Å². The second kappa shape index (κ2) is 2.51. The third-order valence-electron chi connectivity index (χ3n) is 2.23. The fourth-order valence-corrected chi connectivity index (χ4v) is 1.59. The number of carbonyl (C=O) groups is 1. The molecule has 13 heavy (non-hydrogen) atoms. The van der Waals surface area contributed by atoms with Gasteiger partial charge in [-0.1, -0.05) is 0 Å². The van der Waals surface area contributed by atoms with Crippen molar-refractivity contribution in [1.29, 1.82) is 0 Å². The van der Waals surface area contributed by atoms with Crippen molar-refractivity contribution in [1.82, 2.24) is 0 Å². The molecule has 3 atom stereocenters. The monoisotopic (exact) mass is 188 g/mol. The van der Waals surface area contributed by atoms with Crippen LogP contribution < -0.4 is 0 Å². The van der Waals surface area contributed by atoms with Gasteiger partial charge < -0.3 is 19.3 Å². The zero-order valence-corrected chi connectivity index (χ0v) is 7.52. The molecule has 74 valence electrons. The number of ether oxygens (including phenoxy) is 3. The van der Waals surface area contributed by atoms with E-state index in [9.17, 15) is 9.90 Å². The van der Waals surface area contributed by atoms with Crippen LogP contribution in [0.2, 0.25) is 0 Å². The minimum atomic E-state index is -1.56. The number of rotatable bonds is 1. The van der Waals surface area contributed by atoms with Crippen LogP contribution in [0.4, 0.5) is 0 Å². The first-order valence-corrected chi connectivity index (χ1v) is 4.13. The Kier molecular flexibility index (Phi) is 1.75. The molecule has 2 aliphatic heterocycles. The third-order valence-corrected chi connectivity index (χ3v) is 2.23. The first-order valence-electron chi connectivity index (χ1n) is 4.13. The minimum Gasteiger partial charge on any atom is -0.377 e. The van der Waals surface area contributed by atoms with Crippen LogP contribution in [0.25, 0.3) is 0 Å². The van der Waals surface area contributed by atoms with Crippen LogP contribution in [0.3, 0.4) is 0 Å². The zero-order chi connectivity index (χ0) is 9.69. The lowest BCUT2D eigenvalue weighted by Gasteiger charge is -2.23. The summed E-state index contributed by atoms with van der Waals surface area (Å²) in [4.78, 5) is 10.6. The maximum absolute atomic E-state index is 10.6. The highest BCUT2D eigenvalue weighted by Gasteiger charge is 2.58. The van der Waals surface area contributed by atoms with Gasteiger partial charge in [0.15, 0.2) is 24.0 Å². The molecule has 0 aromatic carbocycles. The average molecular weight is 188 g/mol. The second-order valence-electron chi connectivity index (χ2n) is 3.84. The van der Waals surface area contributed by atoms with E-state index in [0.29, 0.717) is 6.29 Å². The lowest BCUT2D eigenvalue weighted by atomic mass is 10.0. The largest absolute Gasteiger partial charge is 0.377 e. The molecule has 0 aromatic rings. The van der Waals surface area contributed by atoms with Crippen molar-refractivity contribution in [3.8, 4) is 0 Å². The van der Waals surface area contributed by atoms with E-state index in [1.807, 2.05) is 0 Å². The number of hydrogen-bond acceptors (Lipinski definition) is 5. The lowest BCUT2D eigenvalue weighted by Crippen LogP contribution is -2.45. The Bertz CT molecular complexity index is 239. The van der Waals surface area contributed by atoms with E-state index in [1.165, 1.54) is 0 Å². The molecule has 0 saturated carbocycles. The molecule has 0 unspecified atom stereocenters. The molecule has 0 spiro atoms. The summed E-state index contributed by atoms with van der Waals surface area (Å²) in [5.41, 5.74) is -1.56. The summed E-state index contributed by atoms with van der Waals surface area (Å²) in [5, 5.41) is 9.70. The smallest absolute Gasteiger partial charge is 0.190 e. The summed E-state index contributed by atoms with van der Waals surface area (Å²) in [6, 6.07) is 0. The van der Waals surface area contributed by atoms with Crippen LogP contribution in [0, 0.1) is 0 Å². The van der Waals surface area contributed by atoms with E-state index in [-0.39, 0.29) is 6.61 Å². The van der Waals surface area contributed by atoms with Gasteiger partial charge >= 0.3 is 0 Å². The average Bonchev–Trinajstić information content (AvgIpc) is 2.49. The third kappa shape index (κ3) is 1.28. The molecule has 0 aliphatic carbocycles. The van der Waals surface area contributed by atoms with Gasteiger partial charge in [0.25, 0.3) is 0 Å². The first-order chi connectivity index (χ1) is 5.97. The van der Waals surface area contributed by atoms with Crippen molar-refractivity contribution in [2.75, 3.05) is 6.61 Å². The van der Waals surface area contributed by atoms with E-state index >= 15 is 0 Å². The predicted octanol–water partition coefficient (Wildman–Crippen LogP) is -0.576. The Morgan fingerprint density at radius 2 is 2.15 bits per heavy atom. The molecular weight excluding hydrogens is 176 g/mol. The van der Waals surface area contributed by atoms with Gasteiger partial charge in [0.2, 0.25) is 0 Å². The SMILES string of the molecule is CC1(C)O[C@H]2OC[C@](O)(C=O)[C@H]2O1. The molecule has 2 fully saturated rings. The first kappa shape index (κ1) is 9.08. The highest BCUT2D eigenvalue weighted by molar-refractivity contribution is 5.64. The topological polar surface area (TPSA) is 65.0 Å². The molecule has 2 saturated heterocycles. The van der Waals surface area contributed by atoms with Gasteiger partial charge in [0.1, 0.15) is 6.10 Å². The van der Waals surface area contributed by atoms with Crippen molar-refractivity contribution < 1.29 is 24.1 Å². The molecule has 1 N–H and O–H groups in total. The summed E-state index contributed by atoms with van der Waals surface area (Å²) in [5.74, 6) is -0.799. The summed E-state index contributed by atoms with van der Waals surface area (Å²) in [7, 11) is 0. The van der Waals surface area contributed by atoms with Crippen LogP contribution in [-0.2, 0) is 19.0 Å². The molecule has 2 heterocycles. The van der Waals surface area contributed by atoms with Crippen LogP contribution in [-0.4, -0.2) is 41.8 Å². The molecule has 5 nitrogen and oxygen atoms in total. The highest BCUT2D eigenvalue weighted by Crippen LogP contribution is 2.38. The van der Waals surface area contributed by atoms with Crippen LogP contribution >= 0.6 is 0 Å². The fourth-order valence-electron chi connectivity index (χ4n) is 1.59. The Morgan fingerprint density at radius 1 is 1.46 bits per heavy atom. The standard InChI is InChI=1S/C8H12O5/c1-7(2)12-5-6(13-7)11-4-8(5,10)3-9/h3,5-6,10H,4H2,1-2H3/t5-,6+,8+/m0/s1. The zero-order valence-electron chi connectivity index (χ0n) is 7.52. The lowest BCUT2D eigenvalue weighted by molar-refractivity contribution is -0.208. The van der Waals surface area contributed by atoms with Crippen LogP contribution in [0.1, 0.15) is 13.8 Å². The number of aliphatic hydroxyl groups is 1. The molecule has 2 aliphatic rings. The molecule has 0 radical (unpaired) electrons. The van der Waals surface area contributed by atoms with Crippen molar-refractivity contribution in [3.63, 3.8) is 0 Å². The van der Waals surface area contributed by atoms with Crippen LogP contribution in [0.5, 0.6) is 0 Å². The van der Waals surface area contributed by atoms with E-state index in [4.69, 9.17) is 14.2 Å². The summed E-state index contributed by atoms with van der Waals surface area (Å²) >= 11 is 0. The number of hydrogen-bond donors (Lipinski definition) is 1. The Hall–Kier alpha value is -0.490. The maximum Gasteiger partial charge on any atom is 0.190 e. The fraction of sp³-hybridized carbons (Fsp3) is 0.875. The van der Waals surface area contributed by atoms with Gasteiger partial charge in [-0.3, -0.25) is 4.79 Å². The molecule has 0 bridgehead atoms. The maximum atomic E-state index is 10.6.